The van der Waals surface area contributed by atoms with Gasteiger partial charge >= 0.3 is 5.97 Å². The SMILES string of the molecule is COC(=O)[C@H](CCCc1ccccc1)NC(=O)[C@H](O)CC(C)C. The topological polar surface area (TPSA) is 75.6 Å². The number of esters is 1. The molecule has 0 saturated carbocycles. The first-order valence-electron chi connectivity index (χ1n) is 8.04. The van der Waals surface area contributed by atoms with Crippen molar-refractivity contribution in [2.24, 2.45) is 5.92 Å². The van der Waals surface area contributed by atoms with E-state index in [2.05, 4.69) is 5.32 Å². The quantitative estimate of drug-likeness (QED) is 0.683. The Bertz CT molecular complexity index is 487. The third kappa shape index (κ3) is 7.28. The fourth-order valence-corrected chi connectivity index (χ4v) is 2.37. The van der Waals surface area contributed by atoms with Gasteiger partial charge in [-0.2, -0.15) is 0 Å². The summed E-state index contributed by atoms with van der Waals surface area (Å²) in [6.45, 7) is 3.85. The molecule has 0 spiro atoms. The molecule has 0 heterocycles. The Hall–Kier alpha value is -1.88. The number of amides is 1. The average molecular weight is 321 g/mol. The van der Waals surface area contributed by atoms with Crippen molar-refractivity contribution in [3.63, 3.8) is 0 Å². The van der Waals surface area contributed by atoms with Gasteiger partial charge in [-0.1, -0.05) is 44.2 Å². The Labute approximate surface area is 138 Å². The van der Waals surface area contributed by atoms with Crippen LogP contribution >= 0.6 is 0 Å². The van der Waals surface area contributed by atoms with Gasteiger partial charge in [-0.05, 0) is 37.2 Å². The second kappa shape index (κ2) is 10.0. The van der Waals surface area contributed by atoms with Gasteiger partial charge in [0.25, 0.3) is 0 Å². The molecule has 23 heavy (non-hydrogen) atoms. The third-order valence-corrected chi connectivity index (χ3v) is 3.60. The summed E-state index contributed by atoms with van der Waals surface area (Å²) in [6, 6.07) is 9.22. The highest BCUT2D eigenvalue weighted by atomic mass is 16.5. The van der Waals surface area contributed by atoms with E-state index in [9.17, 15) is 14.7 Å². The summed E-state index contributed by atoms with van der Waals surface area (Å²) in [5, 5.41) is 12.4. The van der Waals surface area contributed by atoms with Gasteiger partial charge in [0.1, 0.15) is 12.1 Å². The standard InChI is InChI=1S/C18H27NO4/c1-13(2)12-16(20)17(21)19-15(18(22)23-3)11-7-10-14-8-5-4-6-9-14/h4-6,8-9,13,15-16,20H,7,10-12H2,1-3H3,(H,19,21)/t15-,16+/m0/s1. The molecule has 0 radical (unpaired) electrons. The fraction of sp³-hybridized carbons (Fsp3) is 0.556. The molecule has 5 nitrogen and oxygen atoms in total. The first-order valence-corrected chi connectivity index (χ1v) is 8.04. The molecule has 0 unspecified atom stereocenters. The van der Waals surface area contributed by atoms with Gasteiger partial charge in [0.15, 0.2) is 0 Å². The molecular weight excluding hydrogens is 294 g/mol. The number of rotatable bonds is 9. The summed E-state index contributed by atoms with van der Waals surface area (Å²) in [7, 11) is 1.29. The Balaban J connectivity index is 2.52. The van der Waals surface area contributed by atoms with Gasteiger partial charge < -0.3 is 15.2 Å². The van der Waals surface area contributed by atoms with Crippen molar-refractivity contribution in [2.75, 3.05) is 7.11 Å². The highest BCUT2D eigenvalue weighted by molar-refractivity contribution is 5.86. The van der Waals surface area contributed by atoms with Crippen molar-refractivity contribution in [2.45, 2.75) is 51.7 Å². The van der Waals surface area contributed by atoms with Gasteiger partial charge in [0, 0.05) is 0 Å². The van der Waals surface area contributed by atoms with Crippen LogP contribution in [0.2, 0.25) is 0 Å². The second-order valence-corrected chi connectivity index (χ2v) is 6.11. The van der Waals surface area contributed by atoms with E-state index in [4.69, 9.17) is 4.74 Å². The molecule has 2 N–H and O–H groups in total. The van der Waals surface area contributed by atoms with Crippen LogP contribution in [-0.2, 0) is 20.7 Å². The van der Waals surface area contributed by atoms with Crippen LogP contribution in [0.3, 0.4) is 0 Å². The summed E-state index contributed by atoms with van der Waals surface area (Å²) in [4.78, 5) is 23.8. The Morgan fingerprint density at radius 1 is 1.22 bits per heavy atom. The zero-order valence-corrected chi connectivity index (χ0v) is 14.1. The molecule has 0 aromatic heterocycles. The number of carbonyl (C=O) groups excluding carboxylic acids is 2. The molecule has 1 aromatic carbocycles. The van der Waals surface area contributed by atoms with Crippen LogP contribution in [-0.4, -0.2) is 36.2 Å². The number of nitrogens with one attached hydrogen (secondary N) is 1. The molecule has 0 aliphatic rings. The van der Waals surface area contributed by atoms with Gasteiger partial charge in [0.05, 0.1) is 7.11 Å². The molecule has 2 atom stereocenters. The predicted molar refractivity (Wildman–Crippen MR) is 88.8 cm³/mol. The van der Waals surface area contributed by atoms with Crippen molar-refractivity contribution in [3.8, 4) is 0 Å². The number of ether oxygens (including phenoxy) is 1. The third-order valence-electron chi connectivity index (χ3n) is 3.60. The summed E-state index contributed by atoms with van der Waals surface area (Å²) < 4.78 is 4.74. The molecule has 0 fully saturated rings. The van der Waals surface area contributed by atoms with Crippen LogP contribution in [0.1, 0.15) is 38.7 Å². The zero-order chi connectivity index (χ0) is 17.2. The molecule has 0 bridgehead atoms. The molecule has 0 saturated heterocycles. The Kier molecular flexibility index (Phi) is 8.33. The summed E-state index contributed by atoms with van der Waals surface area (Å²) in [5.41, 5.74) is 1.18. The van der Waals surface area contributed by atoms with Crippen LogP contribution in [0.4, 0.5) is 0 Å². The van der Waals surface area contributed by atoms with Crippen molar-refractivity contribution < 1.29 is 19.4 Å². The van der Waals surface area contributed by atoms with Crippen molar-refractivity contribution in [1.82, 2.24) is 5.32 Å². The molecule has 128 valence electrons. The summed E-state index contributed by atoms with van der Waals surface area (Å²) >= 11 is 0. The minimum Gasteiger partial charge on any atom is -0.467 e. The van der Waals surface area contributed by atoms with E-state index in [-0.39, 0.29) is 5.92 Å². The lowest BCUT2D eigenvalue weighted by Crippen LogP contribution is -2.46. The maximum atomic E-state index is 12.0. The lowest BCUT2D eigenvalue weighted by Gasteiger charge is -2.19. The maximum Gasteiger partial charge on any atom is 0.328 e. The number of aliphatic hydroxyl groups excluding tert-OH is 1. The average Bonchev–Trinajstić information content (AvgIpc) is 2.53. The number of benzene rings is 1. The maximum absolute atomic E-state index is 12.0. The number of hydrogen-bond donors (Lipinski definition) is 2. The van der Waals surface area contributed by atoms with Gasteiger partial charge in [-0.15, -0.1) is 0 Å². The van der Waals surface area contributed by atoms with Crippen LogP contribution < -0.4 is 5.32 Å². The van der Waals surface area contributed by atoms with E-state index in [1.54, 1.807) is 0 Å². The number of hydrogen-bond acceptors (Lipinski definition) is 4. The monoisotopic (exact) mass is 321 g/mol. The van der Waals surface area contributed by atoms with E-state index in [0.717, 1.165) is 12.8 Å². The molecule has 5 heteroatoms. The van der Waals surface area contributed by atoms with E-state index >= 15 is 0 Å². The lowest BCUT2D eigenvalue weighted by atomic mass is 10.0. The van der Waals surface area contributed by atoms with Crippen LogP contribution in [0.15, 0.2) is 30.3 Å². The van der Waals surface area contributed by atoms with Crippen LogP contribution in [0.5, 0.6) is 0 Å². The number of methoxy groups -OCH3 is 1. The van der Waals surface area contributed by atoms with Crippen molar-refractivity contribution in [3.05, 3.63) is 35.9 Å². The molecular formula is C18H27NO4. The zero-order valence-electron chi connectivity index (χ0n) is 14.1. The first-order chi connectivity index (χ1) is 10.9. The molecule has 0 aliphatic carbocycles. The second-order valence-electron chi connectivity index (χ2n) is 6.11. The highest BCUT2D eigenvalue weighted by Crippen LogP contribution is 2.09. The Morgan fingerprint density at radius 3 is 2.43 bits per heavy atom. The van der Waals surface area contributed by atoms with E-state index < -0.39 is 24.0 Å². The summed E-state index contributed by atoms with van der Waals surface area (Å²) in [5.74, 6) is -0.803. The van der Waals surface area contributed by atoms with Gasteiger partial charge in [0.2, 0.25) is 5.91 Å². The normalized spacial score (nSPS) is 13.4. The molecule has 1 aromatic rings. The lowest BCUT2D eigenvalue weighted by molar-refractivity contribution is -0.146. The summed E-state index contributed by atoms with van der Waals surface area (Å²) in [6.07, 6.45) is 1.30. The molecule has 1 rings (SSSR count). The van der Waals surface area contributed by atoms with Gasteiger partial charge in [-0.25, -0.2) is 4.79 Å². The molecule has 0 aliphatic heterocycles. The predicted octanol–water partition coefficient (Wildman–Crippen LogP) is 2.07. The number of carbonyl (C=O) groups is 2. The van der Waals surface area contributed by atoms with Crippen LogP contribution in [0, 0.1) is 5.92 Å². The fourth-order valence-electron chi connectivity index (χ4n) is 2.37. The highest BCUT2D eigenvalue weighted by Gasteiger charge is 2.25. The Morgan fingerprint density at radius 2 is 1.87 bits per heavy atom. The van der Waals surface area contributed by atoms with Crippen molar-refractivity contribution >= 4 is 11.9 Å². The number of aryl methyl sites for hydroxylation is 1. The number of aliphatic hydroxyl groups is 1. The van der Waals surface area contributed by atoms with Crippen molar-refractivity contribution in [1.29, 1.82) is 0 Å². The minimum absolute atomic E-state index is 0.199. The largest absolute Gasteiger partial charge is 0.467 e. The smallest absolute Gasteiger partial charge is 0.328 e. The van der Waals surface area contributed by atoms with E-state index in [0.29, 0.717) is 12.8 Å². The van der Waals surface area contributed by atoms with E-state index in [1.165, 1.54) is 12.7 Å². The minimum atomic E-state index is -1.10. The van der Waals surface area contributed by atoms with Gasteiger partial charge in [-0.3, -0.25) is 4.79 Å². The van der Waals surface area contributed by atoms with E-state index in [1.807, 2.05) is 44.2 Å². The molecule has 1 amide bonds. The first kappa shape index (κ1) is 19.2. The van der Waals surface area contributed by atoms with Crippen LogP contribution in [0.25, 0.3) is 0 Å².